The van der Waals surface area contributed by atoms with Crippen LogP contribution in [0.25, 0.3) is 0 Å². The molecule has 0 bridgehead atoms. The van der Waals surface area contributed by atoms with E-state index in [9.17, 15) is 0 Å². The Morgan fingerprint density at radius 2 is 1.75 bits per heavy atom. The fraction of sp³-hybridized carbons (Fsp3) is 0. The van der Waals surface area contributed by atoms with Crippen LogP contribution in [-0.2, 0) is 21.3 Å². The fourth-order valence-electron chi connectivity index (χ4n) is 0. The molecule has 0 aromatic carbocycles. The van der Waals surface area contributed by atoms with Crippen molar-refractivity contribution in [2.45, 2.75) is 0 Å². The Kier molecular flexibility index (Phi) is 27.8. The Bertz CT molecular complexity index is 13.5. The van der Waals surface area contributed by atoms with Crippen LogP contribution in [0.5, 0.6) is 0 Å². The Hall–Kier alpha value is -0.0365. The SMILES string of the molecule is O=[C-]O.[Ni]. The van der Waals surface area contributed by atoms with E-state index in [2.05, 4.69) is 0 Å². The Morgan fingerprint density at radius 1 is 1.75 bits per heavy atom. The summed E-state index contributed by atoms with van der Waals surface area (Å²) in [5.41, 5.74) is 0. The fourth-order valence-corrected chi connectivity index (χ4v) is 0. The Balaban J connectivity index is 0. The van der Waals surface area contributed by atoms with Crippen LogP contribution in [0.15, 0.2) is 0 Å². The topological polar surface area (TPSA) is 37.3 Å². The summed E-state index contributed by atoms with van der Waals surface area (Å²) in [6.45, 7) is 0.500. The molecule has 1 N–H and O–H groups in total. The molecule has 0 atom stereocenters. The standard InChI is InChI=1S/CHO2.Ni/c2-1-3;/h(H,2,3);/q-1;. The summed E-state index contributed by atoms with van der Waals surface area (Å²) < 4.78 is 0. The van der Waals surface area contributed by atoms with Crippen LogP contribution in [0.4, 0.5) is 0 Å². The third kappa shape index (κ3) is 1370. The van der Waals surface area contributed by atoms with Gasteiger partial charge in [0.1, 0.15) is 0 Å². The van der Waals surface area contributed by atoms with Crippen molar-refractivity contribution < 1.29 is 26.4 Å². The molecule has 0 unspecified atom stereocenters. The molecule has 4 heavy (non-hydrogen) atoms. The van der Waals surface area contributed by atoms with Crippen LogP contribution < -0.4 is 0 Å². The molecular formula is CHNiO2-. The zero-order valence-corrected chi connectivity index (χ0v) is 2.66. The van der Waals surface area contributed by atoms with Gasteiger partial charge in [0.2, 0.25) is 0 Å². The van der Waals surface area contributed by atoms with Crippen molar-refractivity contribution in [2.24, 2.45) is 0 Å². The number of aliphatic hydroxyl groups excluding tert-OH is 1. The van der Waals surface area contributed by atoms with E-state index < -0.39 is 0 Å². The van der Waals surface area contributed by atoms with Crippen molar-refractivity contribution in [2.75, 3.05) is 0 Å². The first-order valence-electron chi connectivity index (χ1n) is 0.428. The third-order valence-electron chi connectivity index (χ3n) is 0. The average Bonchev–Trinajstić information content (AvgIpc) is 0.918. The van der Waals surface area contributed by atoms with E-state index in [1.165, 1.54) is 0 Å². The van der Waals surface area contributed by atoms with Gasteiger partial charge in [-0.25, -0.2) is 0 Å². The molecule has 0 rings (SSSR count). The summed E-state index contributed by atoms with van der Waals surface area (Å²) in [4.78, 5) is 8.24. The van der Waals surface area contributed by atoms with Gasteiger partial charge in [-0.05, 0) is 0 Å². The van der Waals surface area contributed by atoms with Crippen LogP contribution >= 0.6 is 0 Å². The van der Waals surface area contributed by atoms with Gasteiger partial charge in [-0.15, -0.1) is 0 Å². The van der Waals surface area contributed by atoms with Crippen molar-refractivity contribution in [3.63, 3.8) is 0 Å². The van der Waals surface area contributed by atoms with Gasteiger partial charge >= 0.3 is 0 Å². The minimum absolute atomic E-state index is 0. The molecule has 0 aromatic rings. The molecule has 28 valence electrons. The molecule has 3 heteroatoms. The van der Waals surface area contributed by atoms with Crippen molar-refractivity contribution >= 4 is 6.47 Å². The molecule has 0 aliphatic carbocycles. The minimum Gasteiger partial charge on any atom is -0.665 e. The van der Waals surface area contributed by atoms with Gasteiger partial charge in [0.25, 0.3) is 0 Å². The second kappa shape index (κ2) is 12.3. The number of rotatable bonds is 0. The monoisotopic (exact) mass is 103 g/mol. The summed E-state index contributed by atoms with van der Waals surface area (Å²) in [5, 5.41) is 6.76. The summed E-state index contributed by atoms with van der Waals surface area (Å²) in [6.07, 6.45) is 0. The maximum absolute atomic E-state index is 8.24. The summed E-state index contributed by atoms with van der Waals surface area (Å²) in [6, 6.07) is 0. The van der Waals surface area contributed by atoms with Crippen molar-refractivity contribution in [3.8, 4) is 0 Å². The molecule has 2 nitrogen and oxygen atoms in total. The van der Waals surface area contributed by atoms with Crippen molar-refractivity contribution in [1.29, 1.82) is 0 Å². The van der Waals surface area contributed by atoms with E-state index in [0.717, 1.165) is 0 Å². The number of hydrogen-bond donors (Lipinski definition) is 1. The predicted octanol–water partition coefficient (Wildman–Crippen LogP) is -0.391. The van der Waals surface area contributed by atoms with Crippen LogP contribution in [-0.4, -0.2) is 11.6 Å². The smallest absolute Gasteiger partial charge is 0 e. The molecule has 0 aromatic heterocycles. The molecule has 0 fully saturated rings. The van der Waals surface area contributed by atoms with E-state index in [1.807, 2.05) is 0 Å². The molecular weight excluding hydrogens is 103 g/mol. The second-order valence-corrected chi connectivity index (χ2v) is 0.0913. The van der Waals surface area contributed by atoms with Gasteiger partial charge in [-0.3, -0.25) is 0 Å². The quantitative estimate of drug-likeness (QED) is 0.335. The van der Waals surface area contributed by atoms with Gasteiger partial charge < -0.3 is 9.90 Å². The molecule has 0 saturated carbocycles. The van der Waals surface area contributed by atoms with E-state index >= 15 is 0 Å². The second-order valence-electron chi connectivity index (χ2n) is 0.0913. The molecule has 0 spiro atoms. The first-order valence-corrected chi connectivity index (χ1v) is 0.428. The minimum atomic E-state index is 0. The zero-order chi connectivity index (χ0) is 2.71. The summed E-state index contributed by atoms with van der Waals surface area (Å²) in [5.74, 6) is 0. The largest absolute Gasteiger partial charge is 0.665 e. The normalized spacial score (nSPS) is 3.00. The van der Waals surface area contributed by atoms with Gasteiger partial charge in [-0.1, -0.05) is 6.47 Å². The molecule has 0 radical (unpaired) electrons. The van der Waals surface area contributed by atoms with Crippen LogP contribution in [0.2, 0.25) is 0 Å². The van der Waals surface area contributed by atoms with E-state index in [0.29, 0.717) is 6.47 Å². The molecule has 0 aliphatic rings. The maximum atomic E-state index is 8.24. The van der Waals surface area contributed by atoms with E-state index in [4.69, 9.17) is 9.90 Å². The first kappa shape index (κ1) is 9.03. The molecule has 0 saturated heterocycles. The molecule has 0 amide bonds. The van der Waals surface area contributed by atoms with Gasteiger partial charge in [0.15, 0.2) is 0 Å². The summed E-state index contributed by atoms with van der Waals surface area (Å²) >= 11 is 0. The van der Waals surface area contributed by atoms with Crippen LogP contribution in [0.3, 0.4) is 0 Å². The Morgan fingerprint density at radius 3 is 1.75 bits per heavy atom. The maximum Gasteiger partial charge on any atom is 0 e. The van der Waals surface area contributed by atoms with Crippen molar-refractivity contribution in [3.05, 3.63) is 0 Å². The average molecular weight is 104 g/mol. The Labute approximate surface area is 33.7 Å². The zero-order valence-electron chi connectivity index (χ0n) is 1.67. The van der Waals surface area contributed by atoms with E-state index in [1.54, 1.807) is 0 Å². The van der Waals surface area contributed by atoms with Crippen molar-refractivity contribution in [1.82, 2.24) is 0 Å². The summed E-state index contributed by atoms with van der Waals surface area (Å²) in [7, 11) is 0. The first-order chi connectivity index (χ1) is 1.41. The van der Waals surface area contributed by atoms with E-state index in [-0.39, 0.29) is 16.5 Å². The van der Waals surface area contributed by atoms with Gasteiger partial charge in [-0.2, -0.15) is 0 Å². The number of hydrogen-bond acceptors (Lipinski definition) is 1. The van der Waals surface area contributed by atoms with Crippen LogP contribution in [0, 0.1) is 0 Å². The van der Waals surface area contributed by atoms with Crippen LogP contribution in [0.1, 0.15) is 0 Å². The van der Waals surface area contributed by atoms with Gasteiger partial charge in [0.05, 0.1) is 0 Å². The predicted molar refractivity (Wildman–Crippen MR) is 8.32 cm³/mol. The third-order valence-corrected chi connectivity index (χ3v) is 0. The van der Waals surface area contributed by atoms with Gasteiger partial charge in [0, 0.05) is 16.5 Å². The molecule has 0 heterocycles. The molecule has 0 aliphatic heterocycles.